The molecule has 5 amide bonds. The highest BCUT2D eigenvalue weighted by Crippen LogP contribution is 2.35. The molecule has 26 heavy (non-hydrogen) atoms. The summed E-state index contributed by atoms with van der Waals surface area (Å²) in [4.78, 5) is 56.1. The van der Waals surface area contributed by atoms with Gasteiger partial charge in [0, 0.05) is 6.20 Å². The minimum absolute atomic E-state index is 0.197. The molecule has 136 valence electrons. The number of carbonyl (C=O) groups excluding carboxylic acids is 4. The van der Waals surface area contributed by atoms with Crippen LogP contribution in [-0.4, -0.2) is 52.3 Å². The van der Waals surface area contributed by atoms with Crippen LogP contribution in [0.3, 0.4) is 0 Å². The van der Waals surface area contributed by atoms with Crippen molar-refractivity contribution in [2.24, 2.45) is 0 Å². The van der Waals surface area contributed by atoms with Crippen molar-refractivity contribution in [3.8, 4) is 0 Å². The number of urea groups is 1. The molecule has 1 aromatic heterocycles. The van der Waals surface area contributed by atoms with Crippen LogP contribution in [0.25, 0.3) is 0 Å². The Morgan fingerprint density at radius 2 is 2.00 bits per heavy atom. The van der Waals surface area contributed by atoms with E-state index in [4.69, 9.17) is 0 Å². The van der Waals surface area contributed by atoms with E-state index in [1.807, 2.05) is 0 Å². The number of hydrogen-bond donors (Lipinski definition) is 2. The highest BCUT2D eigenvalue weighted by atomic mass is 16.2. The number of imide groups is 1. The summed E-state index contributed by atoms with van der Waals surface area (Å²) in [6.45, 7) is 1.20. The van der Waals surface area contributed by atoms with Gasteiger partial charge in [-0.3, -0.25) is 24.2 Å². The van der Waals surface area contributed by atoms with Gasteiger partial charge < -0.3 is 10.6 Å². The number of hydrogen-bond acceptors (Lipinski definition) is 5. The SMILES string of the molecule is Cc1ccnc2c1NC(=O)CN2C(=O)CN1C(=O)NC2(CCCC2)C1=O. The van der Waals surface area contributed by atoms with E-state index >= 15 is 0 Å². The Kier molecular flexibility index (Phi) is 3.67. The molecule has 2 fully saturated rings. The number of anilines is 2. The van der Waals surface area contributed by atoms with E-state index in [2.05, 4.69) is 15.6 Å². The van der Waals surface area contributed by atoms with E-state index in [1.165, 1.54) is 4.90 Å². The van der Waals surface area contributed by atoms with Gasteiger partial charge in [-0.25, -0.2) is 9.78 Å². The lowest BCUT2D eigenvalue weighted by Gasteiger charge is -2.29. The third-order valence-electron chi connectivity index (χ3n) is 5.26. The van der Waals surface area contributed by atoms with Gasteiger partial charge in [0.05, 0.1) is 5.69 Å². The minimum atomic E-state index is -0.858. The average Bonchev–Trinajstić information content (AvgIpc) is 3.16. The lowest BCUT2D eigenvalue weighted by molar-refractivity contribution is -0.134. The predicted molar refractivity (Wildman–Crippen MR) is 91.4 cm³/mol. The first-order chi connectivity index (χ1) is 12.4. The molecule has 1 spiro atoms. The first kappa shape index (κ1) is 16.5. The zero-order valence-corrected chi connectivity index (χ0v) is 14.4. The monoisotopic (exact) mass is 357 g/mol. The number of rotatable bonds is 2. The zero-order valence-electron chi connectivity index (χ0n) is 14.4. The van der Waals surface area contributed by atoms with Gasteiger partial charge >= 0.3 is 6.03 Å². The van der Waals surface area contributed by atoms with Crippen molar-refractivity contribution >= 4 is 35.3 Å². The summed E-state index contributed by atoms with van der Waals surface area (Å²) in [5.41, 5.74) is 0.394. The van der Waals surface area contributed by atoms with E-state index in [-0.39, 0.29) is 18.4 Å². The molecule has 0 atom stereocenters. The van der Waals surface area contributed by atoms with Crippen LogP contribution in [0.15, 0.2) is 12.3 Å². The van der Waals surface area contributed by atoms with Crippen LogP contribution in [-0.2, 0) is 14.4 Å². The van der Waals surface area contributed by atoms with E-state index in [9.17, 15) is 19.2 Å². The van der Waals surface area contributed by atoms with Crippen LogP contribution in [0.4, 0.5) is 16.3 Å². The number of pyridine rings is 1. The number of aromatic nitrogens is 1. The fourth-order valence-electron chi connectivity index (χ4n) is 3.86. The maximum atomic E-state index is 12.8. The topological polar surface area (TPSA) is 112 Å². The largest absolute Gasteiger partial charge is 0.325 e. The van der Waals surface area contributed by atoms with Gasteiger partial charge in [-0.15, -0.1) is 0 Å². The average molecular weight is 357 g/mol. The second-order valence-corrected chi connectivity index (χ2v) is 6.97. The van der Waals surface area contributed by atoms with E-state index < -0.39 is 24.0 Å². The van der Waals surface area contributed by atoms with E-state index in [1.54, 1.807) is 19.2 Å². The molecule has 2 aliphatic heterocycles. The van der Waals surface area contributed by atoms with Crippen molar-refractivity contribution in [1.82, 2.24) is 15.2 Å². The van der Waals surface area contributed by atoms with Crippen LogP contribution in [0.2, 0.25) is 0 Å². The molecule has 1 saturated heterocycles. The van der Waals surface area contributed by atoms with Gasteiger partial charge in [0.25, 0.3) is 5.91 Å². The highest BCUT2D eigenvalue weighted by molar-refractivity contribution is 6.13. The molecule has 0 unspecified atom stereocenters. The van der Waals surface area contributed by atoms with Gasteiger partial charge in [-0.1, -0.05) is 12.8 Å². The molecule has 0 radical (unpaired) electrons. The van der Waals surface area contributed by atoms with Crippen molar-refractivity contribution in [2.45, 2.75) is 38.1 Å². The molecular formula is C17H19N5O4. The first-order valence-electron chi connectivity index (χ1n) is 8.61. The number of amides is 5. The van der Waals surface area contributed by atoms with E-state index in [0.29, 0.717) is 24.3 Å². The summed E-state index contributed by atoms with van der Waals surface area (Å²) in [6.07, 6.45) is 4.48. The second kappa shape index (κ2) is 5.79. The van der Waals surface area contributed by atoms with Crippen molar-refractivity contribution in [3.63, 3.8) is 0 Å². The number of nitrogens with zero attached hydrogens (tertiary/aromatic N) is 3. The summed E-state index contributed by atoms with van der Waals surface area (Å²) in [5, 5.41) is 5.45. The van der Waals surface area contributed by atoms with Crippen LogP contribution in [0.5, 0.6) is 0 Å². The lowest BCUT2D eigenvalue weighted by Crippen LogP contribution is -2.49. The fraction of sp³-hybridized carbons (Fsp3) is 0.471. The molecule has 3 aliphatic rings. The first-order valence-corrected chi connectivity index (χ1v) is 8.61. The van der Waals surface area contributed by atoms with Crippen molar-refractivity contribution in [1.29, 1.82) is 0 Å². The number of fused-ring (bicyclic) bond motifs is 1. The third kappa shape index (κ3) is 2.42. The van der Waals surface area contributed by atoms with Gasteiger partial charge in [0.15, 0.2) is 5.82 Å². The fourth-order valence-corrected chi connectivity index (χ4v) is 3.86. The third-order valence-corrected chi connectivity index (χ3v) is 5.26. The van der Waals surface area contributed by atoms with Crippen molar-refractivity contribution in [3.05, 3.63) is 17.8 Å². The van der Waals surface area contributed by atoms with Gasteiger partial charge in [0.1, 0.15) is 18.6 Å². The molecule has 1 aliphatic carbocycles. The quantitative estimate of drug-likeness (QED) is 0.751. The Morgan fingerprint density at radius 1 is 1.27 bits per heavy atom. The van der Waals surface area contributed by atoms with Crippen LogP contribution in [0.1, 0.15) is 31.2 Å². The maximum Gasteiger partial charge on any atom is 0.325 e. The number of carbonyl (C=O) groups is 4. The standard InChI is InChI=1S/C17H19N5O4/c1-10-4-7-18-14-13(10)19-11(23)8-21(14)12(24)9-22-15(25)17(20-16(22)26)5-2-3-6-17/h4,7H,2-3,5-6,8-9H2,1H3,(H,19,23)(H,20,26). The van der Waals surface area contributed by atoms with Crippen molar-refractivity contribution < 1.29 is 19.2 Å². The second-order valence-electron chi connectivity index (χ2n) is 6.97. The Balaban J connectivity index is 1.58. The van der Waals surface area contributed by atoms with E-state index in [0.717, 1.165) is 23.3 Å². The minimum Gasteiger partial charge on any atom is -0.323 e. The molecule has 9 heteroatoms. The smallest absolute Gasteiger partial charge is 0.323 e. The molecule has 1 aromatic rings. The Morgan fingerprint density at radius 3 is 2.73 bits per heavy atom. The summed E-state index contributed by atoms with van der Waals surface area (Å²) < 4.78 is 0. The molecule has 3 heterocycles. The summed E-state index contributed by atoms with van der Waals surface area (Å²) >= 11 is 0. The summed E-state index contributed by atoms with van der Waals surface area (Å²) in [5.74, 6) is -0.881. The predicted octanol–water partition coefficient (Wildman–Crippen LogP) is 0.540. The molecule has 0 aromatic carbocycles. The number of aryl methyl sites for hydroxylation is 1. The molecular weight excluding hydrogens is 338 g/mol. The number of nitrogens with one attached hydrogen (secondary N) is 2. The van der Waals surface area contributed by atoms with Crippen LogP contribution in [0, 0.1) is 6.92 Å². The van der Waals surface area contributed by atoms with Crippen molar-refractivity contribution in [2.75, 3.05) is 23.3 Å². The molecule has 9 nitrogen and oxygen atoms in total. The Labute approximate surface area is 149 Å². The highest BCUT2D eigenvalue weighted by Gasteiger charge is 2.53. The summed E-state index contributed by atoms with van der Waals surface area (Å²) in [7, 11) is 0. The van der Waals surface area contributed by atoms with Gasteiger partial charge in [-0.05, 0) is 31.4 Å². The maximum absolute atomic E-state index is 12.8. The Bertz CT molecular complexity index is 830. The normalized spacial score (nSPS) is 21.0. The molecule has 1 saturated carbocycles. The van der Waals surface area contributed by atoms with Gasteiger partial charge in [-0.2, -0.15) is 0 Å². The summed E-state index contributed by atoms with van der Waals surface area (Å²) in [6, 6.07) is 1.18. The Hall–Kier alpha value is -2.97. The van der Waals surface area contributed by atoms with Crippen LogP contribution >= 0.6 is 0 Å². The molecule has 4 rings (SSSR count). The molecule has 2 N–H and O–H groups in total. The zero-order chi connectivity index (χ0) is 18.5. The van der Waals surface area contributed by atoms with Gasteiger partial charge in [0.2, 0.25) is 11.8 Å². The van der Waals surface area contributed by atoms with Crippen LogP contribution < -0.4 is 15.5 Å². The lowest BCUT2D eigenvalue weighted by atomic mass is 9.98. The molecule has 0 bridgehead atoms.